The van der Waals surface area contributed by atoms with Gasteiger partial charge in [-0.2, -0.15) is 4.31 Å². The van der Waals surface area contributed by atoms with Gasteiger partial charge in [-0.05, 0) is 48.0 Å². The summed E-state index contributed by atoms with van der Waals surface area (Å²) in [5.41, 5.74) is 5.87. The maximum absolute atomic E-state index is 14.7. The van der Waals surface area contributed by atoms with Crippen molar-refractivity contribution in [3.05, 3.63) is 83.1 Å². The number of amides is 2. The van der Waals surface area contributed by atoms with Crippen LogP contribution in [0.25, 0.3) is 0 Å². The molecule has 196 valence electrons. The molecule has 2 aromatic carbocycles. The fraction of sp³-hybridized carbons (Fsp3) is 0.208. The zero-order valence-electron chi connectivity index (χ0n) is 19.6. The Bertz CT molecular complexity index is 1350. The predicted octanol–water partition coefficient (Wildman–Crippen LogP) is 2.98. The van der Waals surface area contributed by atoms with Crippen molar-refractivity contribution in [2.24, 2.45) is 5.73 Å². The van der Waals surface area contributed by atoms with E-state index in [9.17, 15) is 26.8 Å². The number of ether oxygens (including phenoxy) is 1. The summed E-state index contributed by atoms with van der Waals surface area (Å²) in [6, 6.07) is 10.2. The van der Waals surface area contributed by atoms with E-state index in [1.807, 2.05) is 0 Å². The molecule has 0 radical (unpaired) electrons. The number of sulfonamides is 1. The highest BCUT2D eigenvalue weighted by atomic mass is 35.5. The van der Waals surface area contributed by atoms with Crippen molar-refractivity contribution < 1.29 is 31.5 Å². The third-order valence-corrected chi connectivity index (χ3v) is 7.24. The monoisotopic (exact) mass is 552 g/mol. The molecule has 13 heteroatoms. The Morgan fingerprint density at radius 2 is 1.73 bits per heavy atom. The Labute approximate surface area is 217 Å². The fourth-order valence-electron chi connectivity index (χ4n) is 3.21. The molecule has 0 saturated carbocycles. The lowest BCUT2D eigenvalue weighted by Gasteiger charge is -2.24. The number of benzene rings is 2. The second-order valence-corrected chi connectivity index (χ2v) is 10.3. The number of rotatable bonds is 11. The van der Waals surface area contributed by atoms with Crippen LogP contribution in [0.1, 0.15) is 5.56 Å². The van der Waals surface area contributed by atoms with E-state index >= 15 is 0 Å². The average molecular weight is 553 g/mol. The van der Waals surface area contributed by atoms with Crippen LogP contribution in [-0.2, 0) is 26.0 Å². The number of nitrogens with two attached hydrogens (primary N) is 1. The Hall–Kier alpha value is -3.61. The summed E-state index contributed by atoms with van der Waals surface area (Å²) < 4.78 is 61.7. The molecule has 3 aromatic rings. The van der Waals surface area contributed by atoms with E-state index < -0.39 is 44.8 Å². The van der Waals surface area contributed by atoms with Crippen molar-refractivity contribution in [3.8, 4) is 11.5 Å². The van der Waals surface area contributed by atoms with Gasteiger partial charge in [0.2, 0.25) is 21.8 Å². The van der Waals surface area contributed by atoms with Gasteiger partial charge in [-0.15, -0.1) is 0 Å². The lowest BCUT2D eigenvalue weighted by molar-refractivity contribution is -0.129. The molecule has 2 N–H and O–H groups in total. The van der Waals surface area contributed by atoms with Gasteiger partial charge < -0.3 is 15.4 Å². The Morgan fingerprint density at radius 1 is 1.08 bits per heavy atom. The largest absolute Gasteiger partial charge is 0.451 e. The number of nitrogens with zero attached hydrogens (tertiary/aromatic N) is 3. The minimum Gasteiger partial charge on any atom is -0.451 e. The highest BCUT2D eigenvalue weighted by Gasteiger charge is 2.29. The number of carbonyl (C=O) groups is 2. The van der Waals surface area contributed by atoms with Crippen molar-refractivity contribution in [1.82, 2.24) is 14.2 Å². The second kappa shape index (κ2) is 12.1. The average Bonchev–Trinajstić information content (AvgIpc) is 2.85. The van der Waals surface area contributed by atoms with E-state index in [0.29, 0.717) is 27.0 Å². The van der Waals surface area contributed by atoms with Crippen LogP contribution in [0.2, 0.25) is 5.02 Å². The lowest BCUT2D eigenvalue weighted by Crippen LogP contribution is -2.43. The Morgan fingerprint density at radius 3 is 2.30 bits per heavy atom. The zero-order chi connectivity index (χ0) is 27.2. The van der Waals surface area contributed by atoms with Gasteiger partial charge in [0, 0.05) is 37.6 Å². The number of carbonyl (C=O) groups excluding carboxylic acids is 2. The summed E-state index contributed by atoms with van der Waals surface area (Å²) in [6.07, 6.45) is 3.11. The van der Waals surface area contributed by atoms with Crippen LogP contribution in [0.15, 0.2) is 65.8 Å². The molecule has 0 atom stereocenters. The predicted molar refractivity (Wildman–Crippen MR) is 131 cm³/mol. The molecular weight excluding hydrogens is 530 g/mol. The molecule has 0 aliphatic rings. The minimum atomic E-state index is -4.59. The Kier molecular flexibility index (Phi) is 9.14. The molecule has 0 aliphatic heterocycles. The number of hydrogen-bond acceptors (Lipinski definition) is 6. The third kappa shape index (κ3) is 7.44. The first-order valence-electron chi connectivity index (χ1n) is 10.8. The van der Waals surface area contributed by atoms with Gasteiger partial charge in [-0.3, -0.25) is 14.6 Å². The topological polar surface area (TPSA) is 123 Å². The van der Waals surface area contributed by atoms with Crippen molar-refractivity contribution in [2.45, 2.75) is 11.3 Å². The summed E-state index contributed by atoms with van der Waals surface area (Å²) in [7, 11) is -3.13. The van der Waals surface area contributed by atoms with Gasteiger partial charge in [0.15, 0.2) is 17.4 Å². The molecule has 3 rings (SSSR count). The fourth-order valence-corrected chi connectivity index (χ4v) is 4.76. The maximum Gasteiger partial charge on any atom is 0.243 e. The summed E-state index contributed by atoms with van der Waals surface area (Å²) >= 11 is 5.78. The number of pyridine rings is 1. The summed E-state index contributed by atoms with van der Waals surface area (Å²) in [4.78, 5) is 28.5. The van der Waals surface area contributed by atoms with Gasteiger partial charge in [0.05, 0.1) is 17.9 Å². The summed E-state index contributed by atoms with van der Waals surface area (Å²) in [6.45, 7) is -1.24. The number of aromatic nitrogens is 1. The first-order valence-corrected chi connectivity index (χ1v) is 12.6. The van der Waals surface area contributed by atoms with Crippen LogP contribution in [0.5, 0.6) is 11.5 Å². The number of hydrogen-bond donors (Lipinski definition) is 1. The molecule has 0 aliphatic carbocycles. The highest BCUT2D eigenvalue weighted by molar-refractivity contribution is 7.89. The second-order valence-electron chi connectivity index (χ2n) is 7.93. The molecule has 0 fully saturated rings. The van der Waals surface area contributed by atoms with Crippen LogP contribution in [0.4, 0.5) is 8.78 Å². The number of likely N-dealkylation sites (N-methyl/N-ethyl adjacent to an activating group) is 1. The molecular formula is C24H23ClF2N4O5S. The molecule has 0 saturated heterocycles. The third-order valence-electron chi connectivity index (χ3n) is 5.16. The van der Waals surface area contributed by atoms with Crippen LogP contribution >= 0.6 is 11.6 Å². The summed E-state index contributed by atoms with van der Waals surface area (Å²) in [5, 5.41) is 0.383. The molecule has 2 amide bonds. The van der Waals surface area contributed by atoms with Crippen LogP contribution in [0, 0.1) is 11.6 Å². The van der Waals surface area contributed by atoms with E-state index in [4.69, 9.17) is 22.1 Å². The molecule has 37 heavy (non-hydrogen) atoms. The normalized spacial score (nSPS) is 11.4. The van der Waals surface area contributed by atoms with Crippen molar-refractivity contribution >= 4 is 33.4 Å². The van der Waals surface area contributed by atoms with Gasteiger partial charge in [-0.1, -0.05) is 17.7 Å². The maximum atomic E-state index is 14.7. The van der Waals surface area contributed by atoms with Gasteiger partial charge in [-0.25, -0.2) is 17.2 Å². The van der Waals surface area contributed by atoms with Gasteiger partial charge in [0.25, 0.3) is 0 Å². The molecule has 0 spiro atoms. The van der Waals surface area contributed by atoms with Crippen LogP contribution in [0.3, 0.4) is 0 Å². The highest BCUT2D eigenvalue weighted by Crippen LogP contribution is 2.31. The van der Waals surface area contributed by atoms with Crippen LogP contribution in [-0.4, -0.2) is 61.1 Å². The molecule has 1 aromatic heterocycles. The number of primary amides is 1. The standard InChI is InChI=1S/C24H23ClF2N4O5S/c1-30(23(33)11-16-3-2-8-29-14-16)9-10-31(15-22(28)32)37(34,35)19-12-20(26)24(21(27)13-19)36-18-6-4-17(25)5-7-18/h2-8,12-14H,9-11,15H2,1H3,(H2,28,32). The minimum absolute atomic E-state index is 0.0262. The summed E-state index contributed by atoms with van der Waals surface area (Å²) in [5.74, 6) is -4.62. The molecule has 1 heterocycles. The van der Waals surface area contributed by atoms with E-state index in [1.54, 1.807) is 18.3 Å². The van der Waals surface area contributed by atoms with Crippen molar-refractivity contribution in [1.29, 1.82) is 0 Å². The lowest BCUT2D eigenvalue weighted by atomic mass is 10.2. The SMILES string of the molecule is CN(CCN(CC(N)=O)S(=O)(=O)c1cc(F)c(Oc2ccc(Cl)cc2)c(F)c1)C(=O)Cc1cccnc1. The number of halogens is 3. The smallest absolute Gasteiger partial charge is 0.243 e. The van der Waals surface area contributed by atoms with E-state index in [0.717, 1.165) is 0 Å². The first kappa shape index (κ1) is 28.0. The quantitative estimate of drug-likeness (QED) is 0.390. The van der Waals surface area contributed by atoms with Gasteiger partial charge >= 0.3 is 0 Å². The molecule has 0 bridgehead atoms. The van der Waals surface area contributed by atoms with E-state index in [-0.39, 0.29) is 31.2 Å². The first-order chi connectivity index (χ1) is 17.5. The zero-order valence-corrected chi connectivity index (χ0v) is 21.2. The van der Waals surface area contributed by atoms with E-state index in [2.05, 4.69) is 4.98 Å². The van der Waals surface area contributed by atoms with Crippen LogP contribution < -0.4 is 10.5 Å². The van der Waals surface area contributed by atoms with E-state index in [1.165, 1.54) is 42.4 Å². The Balaban J connectivity index is 1.78. The van der Waals surface area contributed by atoms with Gasteiger partial charge in [0.1, 0.15) is 5.75 Å². The van der Waals surface area contributed by atoms with Crippen molar-refractivity contribution in [2.75, 3.05) is 26.7 Å². The van der Waals surface area contributed by atoms with Crippen molar-refractivity contribution in [3.63, 3.8) is 0 Å². The molecule has 9 nitrogen and oxygen atoms in total. The molecule has 0 unspecified atom stereocenters.